The summed E-state index contributed by atoms with van der Waals surface area (Å²) in [7, 11) is 0. The summed E-state index contributed by atoms with van der Waals surface area (Å²) < 4.78 is 39.5. The summed E-state index contributed by atoms with van der Waals surface area (Å²) in [5.74, 6) is -1.60. The van der Waals surface area contributed by atoms with E-state index in [9.17, 15) is 18.0 Å². The van der Waals surface area contributed by atoms with E-state index in [1.165, 1.54) is 6.07 Å². The van der Waals surface area contributed by atoms with Crippen LogP contribution >= 0.6 is 11.8 Å². The summed E-state index contributed by atoms with van der Waals surface area (Å²) in [6.07, 6.45) is -4.66. The number of hydrogen-bond acceptors (Lipinski definition) is 6. The van der Waals surface area contributed by atoms with Crippen LogP contribution in [0.2, 0.25) is 0 Å². The Labute approximate surface area is 194 Å². The van der Waals surface area contributed by atoms with Gasteiger partial charge in [0, 0.05) is 42.9 Å². The molecule has 0 spiro atoms. The van der Waals surface area contributed by atoms with E-state index in [4.69, 9.17) is 0 Å². The molecule has 0 saturated carbocycles. The van der Waals surface area contributed by atoms with Crippen LogP contribution in [0.3, 0.4) is 0 Å². The monoisotopic (exact) mass is 475 g/mol. The summed E-state index contributed by atoms with van der Waals surface area (Å²) in [4.78, 5) is 24.4. The largest absolute Gasteiger partial charge is 0.451 e. The molecule has 1 aliphatic heterocycles. The first kappa shape index (κ1) is 23.3. The van der Waals surface area contributed by atoms with Gasteiger partial charge in [-0.05, 0) is 36.9 Å². The summed E-state index contributed by atoms with van der Waals surface area (Å²) in [5, 5.41) is 3.41. The number of amides is 1. The number of thioether (sulfide) groups is 1. The fourth-order valence-electron chi connectivity index (χ4n) is 3.69. The standard InChI is InChI=1S/C23H24F3N5OS/c1-2-30-11-13-31(14-12-30)17-9-7-16(8-10-17)27-20(32)15-33-21-18-5-3-4-6-19(18)28-22(29-21)23(24,25)26/h3-10H,2,11-15H2,1H3,(H,27,32). The lowest BCUT2D eigenvalue weighted by molar-refractivity contribution is -0.145. The Bertz CT molecular complexity index is 1120. The molecule has 6 nitrogen and oxygen atoms in total. The first-order valence-electron chi connectivity index (χ1n) is 10.7. The van der Waals surface area contributed by atoms with Gasteiger partial charge < -0.3 is 15.1 Å². The van der Waals surface area contributed by atoms with Crippen LogP contribution in [-0.2, 0) is 11.0 Å². The molecule has 0 bridgehead atoms. The van der Waals surface area contributed by atoms with Gasteiger partial charge in [0.1, 0.15) is 5.03 Å². The van der Waals surface area contributed by atoms with Crippen molar-refractivity contribution in [2.75, 3.05) is 48.7 Å². The van der Waals surface area contributed by atoms with E-state index in [1.807, 2.05) is 24.3 Å². The molecule has 2 heterocycles. The molecule has 174 valence electrons. The lowest BCUT2D eigenvalue weighted by Crippen LogP contribution is -2.46. The van der Waals surface area contributed by atoms with Crippen LogP contribution < -0.4 is 10.2 Å². The van der Waals surface area contributed by atoms with Crippen LogP contribution in [0.25, 0.3) is 10.9 Å². The van der Waals surface area contributed by atoms with Crippen LogP contribution in [0.4, 0.5) is 24.5 Å². The SMILES string of the molecule is CCN1CCN(c2ccc(NC(=O)CSc3nc(C(F)(F)F)nc4ccccc34)cc2)CC1. The second-order valence-corrected chi connectivity index (χ2v) is 8.64. The zero-order valence-corrected chi connectivity index (χ0v) is 18.9. The number of anilines is 2. The Morgan fingerprint density at radius 3 is 2.39 bits per heavy atom. The Morgan fingerprint density at radius 1 is 1.03 bits per heavy atom. The van der Waals surface area contributed by atoms with Crippen molar-refractivity contribution < 1.29 is 18.0 Å². The van der Waals surface area contributed by atoms with Gasteiger partial charge in [0.2, 0.25) is 11.7 Å². The van der Waals surface area contributed by atoms with Gasteiger partial charge in [-0.3, -0.25) is 4.79 Å². The van der Waals surface area contributed by atoms with E-state index in [1.54, 1.807) is 18.2 Å². The van der Waals surface area contributed by atoms with Gasteiger partial charge in [0.15, 0.2) is 0 Å². The number of likely N-dealkylation sites (N-methyl/N-ethyl adjacent to an activating group) is 1. The van der Waals surface area contributed by atoms with Crippen LogP contribution in [0, 0.1) is 0 Å². The fourth-order valence-corrected chi connectivity index (χ4v) is 4.51. The average Bonchev–Trinajstić information content (AvgIpc) is 2.82. The van der Waals surface area contributed by atoms with Crippen LogP contribution in [-0.4, -0.2) is 59.3 Å². The van der Waals surface area contributed by atoms with Crippen molar-refractivity contribution >= 4 is 39.9 Å². The molecule has 0 atom stereocenters. The predicted molar refractivity (Wildman–Crippen MR) is 125 cm³/mol. The van der Waals surface area contributed by atoms with E-state index in [2.05, 4.69) is 32.0 Å². The number of alkyl halides is 3. The molecule has 4 rings (SSSR count). The third-order valence-corrected chi connectivity index (χ3v) is 6.49. The number of piperazine rings is 1. The van der Waals surface area contributed by atoms with Gasteiger partial charge in [-0.25, -0.2) is 9.97 Å². The molecule has 10 heteroatoms. The molecule has 2 aromatic carbocycles. The van der Waals surface area contributed by atoms with Gasteiger partial charge in [0.05, 0.1) is 11.3 Å². The summed E-state index contributed by atoms with van der Waals surface area (Å²) in [5.41, 5.74) is 1.93. The number of nitrogens with zero attached hydrogens (tertiary/aromatic N) is 4. The van der Waals surface area contributed by atoms with Gasteiger partial charge >= 0.3 is 6.18 Å². The van der Waals surface area contributed by atoms with Gasteiger partial charge in [-0.2, -0.15) is 13.2 Å². The number of aromatic nitrogens is 2. The zero-order valence-electron chi connectivity index (χ0n) is 18.1. The van der Waals surface area contributed by atoms with E-state index in [-0.39, 0.29) is 22.2 Å². The molecule has 1 aromatic heterocycles. The number of nitrogens with one attached hydrogen (secondary N) is 1. The van der Waals surface area contributed by atoms with Gasteiger partial charge in [0.25, 0.3) is 0 Å². The van der Waals surface area contributed by atoms with Crippen molar-refractivity contribution in [1.82, 2.24) is 14.9 Å². The number of carbonyl (C=O) groups is 1. The highest BCUT2D eigenvalue weighted by Gasteiger charge is 2.35. The highest BCUT2D eigenvalue weighted by Crippen LogP contribution is 2.32. The Balaban J connectivity index is 1.38. The maximum absolute atomic E-state index is 13.2. The minimum absolute atomic E-state index is 0.0704. The molecule has 3 aromatic rings. The number of hydrogen-bond donors (Lipinski definition) is 1. The number of para-hydroxylation sites is 1. The second-order valence-electron chi connectivity index (χ2n) is 7.67. The van der Waals surface area contributed by atoms with Crippen LogP contribution in [0.5, 0.6) is 0 Å². The minimum Gasteiger partial charge on any atom is -0.369 e. The second kappa shape index (κ2) is 9.96. The average molecular weight is 476 g/mol. The summed E-state index contributed by atoms with van der Waals surface area (Å²) in [6.45, 7) is 7.19. The summed E-state index contributed by atoms with van der Waals surface area (Å²) in [6, 6.07) is 14.1. The molecule has 0 aliphatic carbocycles. The maximum Gasteiger partial charge on any atom is 0.451 e. The first-order chi connectivity index (χ1) is 15.8. The Kier molecular flexibility index (Phi) is 7.04. The Morgan fingerprint density at radius 2 is 1.73 bits per heavy atom. The minimum atomic E-state index is -4.66. The molecule has 0 radical (unpaired) electrons. The van der Waals surface area contributed by atoms with E-state index >= 15 is 0 Å². The topological polar surface area (TPSA) is 61.4 Å². The molecule has 1 aliphatic rings. The number of benzene rings is 2. The van der Waals surface area contributed by atoms with E-state index in [0.717, 1.165) is 50.2 Å². The lowest BCUT2D eigenvalue weighted by atomic mass is 10.2. The quantitative estimate of drug-likeness (QED) is 0.418. The molecule has 0 unspecified atom stereocenters. The predicted octanol–water partition coefficient (Wildman–Crippen LogP) is 4.52. The van der Waals surface area contributed by atoms with Crippen molar-refractivity contribution in [3.63, 3.8) is 0 Å². The van der Waals surface area contributed by atoms with Gasteiger partial charge in [-0.1, -0.05) is 36.9 Å². The van der Waals surface area contributed by atoms with E-state index < -0.39 is 12.0 Å². The number of fused-ring (bicyclic) bond motifs is 1. The lowest BCUT2D eigenvalue weighted by Gasteiger charge is -2.35. The van der Waals surface area contributed by atoms with Crippen LogP contribution in [0.15, 0.2) is 53.6 Å². The molecule has 1 amide bonds. The molecular formula is C23H24F3N5OS. The van der Waals surface area contributed by atoms with Crippen molar-refractivity contribution in [3.05, 3.63) is 54.4 Å². The van der Waals surface area contributed by atoms with Crippen molar-refractivity contribution in [3.8, 4) is 0 Å². The van der Waals surface area contributed by atoms with Crippen molar-refractivity contribution in [1.29, 1.82) is 0 Å². The number of carbonyl (C=O) groups excluding carboxylic acids is 1. The molecule has 33 heavy (non-hydrogen) atoms. The van der Waals surface area contributed by atoms with Crippen molar-refractivity contribution in [2.24, 2.45) is 0 Å². The first-order valence-corrected chi connectivity index (χ1v) is 11.7. The Hall–Kier alpha value is -2.85. The summed E-state index contributed by atoms with van der Waals surface area (Å²) >= 11 is 0.960. The molecule has 1 saturated heterocycles. The third-order valence-electron chi connectivity index (χ3n) is 5.50. The molecule has 1 N–H and O–H groups in total. The van der Waals surface area contributed by atoms with E-state index in [0.29, 0.717) is 11.1 Å². The highest BCUT2D eigenvalue weighted by molar-refractivity contribution is 8.00. The molecular weight excluding hydrogens is 451 g/mol. The smallest absolute Gasteiger partial charge is 0.369 e. The normalized spacial score (nSPS) is 15.1. The zero-order chi connectivity index (χ0) is 23.4. The third kappa shape index (κ3) is 5.75. The number of halogens is 3. The maximum atomic E-state index is 13.2. The number of rotatable bonds is 6. The highest BCUT2D eigenvalue weighted by atomic mass is 32.2. The van der Waals surface area contributed by atoms with Crippen molar-refractivity contribution in [2.45, 2.75) is 18.1 Å². The fraction of sp³-hybridized carbons (Fsp3) is 0.348. The molecule has 1 fully saturated rings. The van der Waals surface area contributed by atoms with Gasteiger partial charge in [-0.15, -0.1) is 0 Å². The van der Waals surface area contributed by atoms with Crippen LogP contribution in [0.1, 0.15) is 12.7 Å².